The molecule has 56 heavy (non-hydrogen) atoms. The van der Waals surface area contributed by atoms with Crippen LogP contribution in [0, 0.1) is 40.9 Å². The number of allylic oxidation sites excluding steroid dienone is 17. The van der Waals surface area contributed by atoms with Crippen LogP contribution >= 0.6 is 0 Å². The van der Waals surface area contributed by atoms with Gasteiger partial charge in [0, 0.05) is 16.7 Å². The van der Waals surface area contributed by atoms with Gasteiger partial charge >= 0.3 is 0 Å². The first-order valence-corrected chi connectivity index (χ1v) is 23.4. The van der Waals surface area contributed by atoms with Gasteiger partial charge in [-0.25, -0.2) is 0 Å². The zero-order chi connectivity index (χ0) is 39.2. The molecule has 7 atom stereocenters. The monoisotopic (exact) mass is 747 g/mol. The molecular weight excluding hydrogens is 673 g/mol. The molecule has 1 aromatic rings. The van der Waals surface area contributed by atoms with Crippen LogP contribution in [0.1, 0.15) is 168 Å². The Morgan fingerprint density at radius 3 is 2.54 bits per heavy atom. The minimum absolute atomic E-state index is 0.117. The lowest BCUT2D eigenvalue weighted by atomic mass is 9.40. The van der Waals surface area contributed by atoms with Gasteiger partial charge in [0.1, 0.15) is 0 Å². The fraction of sp³-hybridized carbons (Fsp3) is 0.571. The van der Waals surface area contributed by atoms with Crippen molar-refractivity contribution >= 4 is 0 Å². The van der Waals surface area contributed by atoms with Crippen LogP contribution in [0.5, 0.6) is 0 Å². The summed E-state index contributed by atoms with van der Waals surface area (Å²) in [5.41, 5.74) is 18.4. The van der Waals surface area contributed by atoms with Crippen molar-refractivity contribution in [3.05, 3.63) is 141 Å². The van der Waals surface area contributed by atoms with E-state index in [2.05, 4.69) is 121 Å². The molecular formula is C56H74. The second-order valence-electron chi connectivity index (χ2n) is 20.3. The molecule has 0 radical (unpaired) electrons. The van der Waals surface area contributed by atoms with Gasteiger partial charge < -0.3 is 0 Å². The van der Waals surface area contributed by atoms with Gasteiger partial charge in [0.25, 0.3) is 0 Å². The van der Waals surface area contributed by atoms with E-state index >= 15 is 0 Å². The molecule has 0 N–H and O–H groups in total. The Kier molecular flexibility index (Phi) is 11.5. The first-order valence-electron chi connectivity index (χ1n) is 23.4. The fourth-order valence-corrected chi connectivity index (χ4v) is 13.6. The maximum absolute atomic E-state index is 4.81. The molecule has 1 saturated carbocycles. The van der Waals surface area contributed by atoms with E-state index in [1.807, 2.05) is 22.3 Å². The topological polar surface area (TPSA) is 0 Å². The van der Waals surface area contributed by atoms with E-state index in [1.165, 1.54) is 113 Å². The highest BCUT2D eigenvalue weighted by Gasteiger charge is 2.66. The molecule has 7 unspecified atom stereocenters. The maximum Gasteiger partial charge on any atom is 0.00957 e. The van der Waals surface area contributed by atoms with Crippen molar-refractivity contribution in [3.63, 3.8) is 0 Å². The van der Waals surface area contributed by atoms with Crippen LogP contribution in [-0.4, -0.2) is 0 Å². The van der Waals surface area contributed by atoms with Crippen LogP contribution in [-0.2, 0) is 5.41 Å². The molecule has 2 bridgehead atoms. The summed E-state index contributed by atoms with van der Waals surface area (Å²) in [5, 5.41) is 0. The average molecular weight is 747 g/mol. The lowest BCUT2D eigenvalue weighted by Crippen LogP contribution is -2.57. The van der Waals surface area contributed by atoms with Gasteiger partial charge in [-0.15, -0.1) is 0 Å². The molecule has 0 heterocycles. The molecule has 1 aromatic carbocycles. The average Bonchev–Trinajstić information content (AvgIpc) is 3.34. The maximum atomic E-state index is 4.81. The first-order chi connectivity index (χ1) is 27.0. The molecule has 298 valence electrons. The minimum Gasteiger partial charge on any atom is -0.0958 e. The van der Waals surface area contributed by atoms with E-state index in [1.54, 1.807) is 22.3 Å². The van der Waals surface area contributed by atoms with Crippen molar-refractivity contribution in [1.82, 2.24) is 0 Å². The minimum atomic E-state index is 0.117. The second-order valence-corrected chi connectivity index (χ2v) is 20.3. The molecule has 8 aliphatic rings. The smallest absolute Gasteiger partial charge is 0.00957 e. The summed E-state index contributed by atoms with van der Waals surface area (Å²) in [6.07, 6.45) is 40.8. The van der Waals surface area contributed by atoms with Gasteiger partial charge in [-0.1, -0.05) is 153 Å². The normalized spacial score (nSPS) is 32.9. The Morgan fingerprint density at radius 2 is 1.75 bits per heavy atom. The second kappa shape index (κ2) is 16.3. The number of benzene rings is 1. The zero-order valence-corrected chi connectivity index (χ0v) is 36.5. The van der Waals surface area contributed by atoms with Crippen LogP contribution < -0.4 is 0 Å². The lowest BCUT2D eigenvalue weighted by molar-refractivity contribution is -0.0189. The summed E-state index contributed by atoms with van der Waals surface area (Å²) in [5.74, 6) is 4.50. The molecule has 8 aliphatic carbocycles. The Balaban J connectivity index is 1.04. The summed E-state index contributed by atoms with van der Waals surface area (Å²) in [6.45, 7) is 21.7. The Bertz CT molecular complexity index is 1930. The van der Waals surface area contributed by atoms with E-state index in [9.17, 15) is 0 Å². The van der Waals surface area contributed by atoms with Crippen molar-refractivity contribution in [1.29, 1.82) is 0 Å². The lowest BCUT2D eigenvalue weighted by Gasteiger charge is -2.63. The van der Waals surface area contributed by atoms with Gasteiger partial charge in [-0.2, -0.15) is 0 Å². The van der Waals surface area contributed by atoms with E-state index in [0.29, 0.717) is 29.6 Å². The molecule has 0 aromatic heterocycles. The highest BCUT2D eigenvalue weighted by molar-refractivity contribution is 5.57. The number of fused-ring (bicyclic) bond motifs is 1. The Hall–Kier alpha value is -3.12. The predicted octanol–water partition coefficient (Wildman–Crippen LogP) is 16.1. The van der Waals surface area contributed by atoms with Crippen molar-refractivity contribution < 1.29 is 0 Å². The van der Waals surface area contributed by atoms with Gasteiger partial charge in [-0.3, -0.25) is 0 Å². The summed E-state index contributed by atoms with van der Waals surface area (Å²) in [6, 6.07) is 9.79. The van der Waals surface area contributed by atoms with Crippen molar-refractivity contribution in [2.75, 3.05) is 0 Å². The number of hydrogen-bond donors (Lipinski definition) is 0. The molecule has 9 rings (SSSR count). The van der Waals surface area contributed by atoms with Gasteiger partial charge in [-0.05, 0) is 174 Å². The molecule has 0 saturated heterocycles. The third-order valence-corrected chi connectivity index (χ3v) is 16.5. The van der Waals surface area contributed by atoms with E-state index < -0.39 is 0 Å². The van der Waals surface area contributed by atoms with Crippen LogP contribution in [0.3, 0.4) is 0 Å². The number of rotatable bonds is 13. The highest BCUT2D eigenvalue weighted by Crippen LogP contribution is 2.73. The molecule has 0 aliphatic heterocycles. The van der Waals surface area contributed by atoms with Crippen molar-refractivity contribution in [2.45, 2.75) is 163 Å². The van der Waals surface area contributed by atoms with Crippen molar-refractivity contribution in [3.8, 4) is 0 Å². The SMILES string of the molecule is C=C(C=C(C=C(C)C)C12CC(C3CCC4=C(C3)C(C)C3=C4CCCC3)(C1)c1ccccc1C1C=CC(C)=CC12)CCCC(C)CCC(CC)C1=CC=CCC1C. The van der Waals surface area contributed by atoms with Crippen LogP contribution in [0.2, 0.25) is 0 Å². The third kappa shape index (κ3) is 7.17. The zero-order valence-electron chi connectivity index (χ0n) is 36.5. The molecule has 0 nitrogen and oxygen atoms in total. The molecule has 0 spiro atoms. The quantitative estimate of drug-likeness (QED) is 0.176. The van der Waals surface area contributed by atoms with Crippen molar-refractivity contribution in [2.24, 2.45) is 40.9 Å². The highest BCUT2D eigenvalue weighted by atomic mass is 14.7. The predicted molar refractivity (Wildman–Crippen MR) is 242 cm³/mol. The third-order valence-electron chi connectivity index (χ3n) is 16.5. The van der Waals surface area contributed by atoms with Crippen LogP contribution in [0.25, 0.3) is 0 Å². The standard InChI is InChI=1S/C56H74/c1-9-43(46-20-11-10-19-41(46)7)27-25-38(4)17-16-18-39(5)32-45(31-37(2)3)56-35-55(36-56,53-24-15-14-23-50(53)51-29-26-40(6)33-54(51)56)44-28-30-49-48-22-13-12-21-47(48)42(8)52(49)34-44/h10-11,14-15,20,23-24,26,29,31-33,38,41-44,51,54H,5,9,12-13,16-19,21-22,25,27-28,30,34-36H2,1-4,6-8H3. The fourth-order valence-electron chi connectivity index (χ4n) is 13.6. The Labute approximate surface area is 342 Å². The largest absolute Gasteiger partial charge is 0.0958 e. The Morgan fingerprint density at radius 1 is 0.964 bits per heavy atom. The van der Waals surface area contributed by atoms with Crippen LogP contribution in [0.4, 0.5) is 0 Å². The summed E-state index contributed by atoms with van der Waals surface area (Å²) in [4.78, 5) is 0. The summed E-state index contributed by atoms with van der Waals surface area (Å²) >= 11 is 0. The van der Waals surface area contributed by atoms with E-state index in [-0.39, 0.29) is 10.8 Å². The van der Waals surface area contributed by atoms with Crippen LogP contribution in [0.15, 0.2) is 130 Å². The first kappa shape index (κ1) is 39.7. The van der Waals surface area contributed by atoms with Gasteiger partial charge in [0.05, 0.1) is 0 Å². The molecule has 1 fully saturated rings. The van der Waals surface area contributed by atoms with Gasteiger partial charge in [0.2, 0.25) is 0 Å². The summed E-state index contributed by atoms with van der Waals surface area (Å²) in [7, 11) is 0. The summed E-state index contributed by atoms with van der Waals surface area (Å²) < 4.78 is 0. The molecule has 0 amide bonds. The van der Waals surface area contributed by atoms with Gasteiger partial charge in [0.15, 0.2) is 0 Å². The number of hydrogen-bond acceptors (Lipinski definition) is 0. The van der Waals surface area contributed by atoms with E-state index in [0.717, 1.165) is 18.3 Å². The molecule has 0 heteroatoms. The van der Waals surface area contributed by atoms with E-state index in [4.69, 9.17) is 6.58 Å².